The smallest absolute Gasteiger partial charge is 0.0598 e. The summed E-state index contributed by atoms with van der Waals surface area (Å²) in [6.07, 6.45) is 11.4. The van der Waals surface area contributed by atoms with Crippen LogP contribution >= 0.6 is 0 Å². The number of ether oxygens (including phenoxy) is 1. The lowest BCUT2D eigenvalue weighted by Gasteiger charge is -2.19. The minimum atomic E-state index is 0.0417. The predicted molar refractivity (Wildman–Crippen MR) is 75.3 cm³/mol. The Bertz CT molecular complexity index is 192. The van der Waals surface area contributed by atoms with E-state index in [2.05, 4.69) is 27.7 Å². The van der Waals surface area contributed by atoms with Crippen molar-refractivity contribution in [1.29, 1.82) is 0 Å². The topological polar surface area (TPSA) is 9.23 Å². The summed E-state index contributed by atoms with van der Waals surface area (Å²) in [5.41, 5.74) is 0.0417. The fourth-order valence-corrected chi connectivity index (χ4v) is 2.85. The molecule has 0 bridgehead atoms. The summed E-state index contributed by atoms with van der Waals surface area (Å²) in [4.78, 5) is 0. The Morgan fingerprint density at radius 1 is 1.00 bits per heavy atom. The van der Waals surface area contributed by atoms with Crippen LogP contribution in [-0.4, -0.2) is 12.2 Å². The van der Waals surface area contributed by atoms with Crippen LogP contribution in [0, 0.1) is 11.8 Å². The molecule has 0 radical (unpaired) electrons. The molecule has 0 aromatic carbocycles. The van der Waals surface area contributed by atoms with Crippen LogP contribution in [0.4, 0.5) is 0 Å². The summed E-state index contributed by atoms with van der Waals surface area (Å²) in [6, 6.07) is 0. The molecular formula is C16H32O. The first-order chi connectivity index (χ1) is 7.97. The zero-order valence-electron chi connectivity index (χ0n) is 12.4. The van der Waals surface area contributed by atoms with Crippen molar-refractivity contribution >= 4 is 0 Å². The minimum Gasteiger partial charge on any atom is -0.376 e. The van der Waals surface area contributed by atoms with Crippen molar-refractivity contribution in [2.24, 2.45) is 11.8 Å². The lowest BCUT2D eigenvalue weighted by molar-refractivity contribution is -0.00476. The zero-order valence-corrected chi connectivity index (χ0v) is 12.4. The summed E-state index contributed by atoms with van der Waals surface area (Å²) >= 11 is 0. The van der Waals surface area contributed by atoms with E-state index in [1.165, 1.54) is 51.4 Å². The molecule has 1 nitrogen and oxygen atoms in total. The molecule has 2 unspecified atom stereocenters. The van der Waals surface area contributed by atoms with Crippen LogP contribution in [0.25, 0.3) is 0 Å². The molecule has 0 aliphatic heterocycles. The zero-order chi connectivity index (χ0) is 12.7. The summed E-state index contributed by atoms with van der Waals surface area (Å²) < 4.78 is 5.72. The van der Waals surface area contributed by atoms with Gasteiger partial charge >= 0.3 is 0 Å². The van der Waals surface area contributed by atoms with E-state index in [1.807, 2.05) is 0 Å². The molecule has 1 fully saturated rings. The maximum absolute atomic E-state index is 5.72. The molecule has 17 heavy (non-hydrogen) atoms. The maximum atomic E-state index is 5.72. The van der Waals surface area contributed by atoms with E-state index in [0.29, 0.717) is 0 Å². The Balaban J connectivity index is 1.85. The van der Waals surface area contributed by atoms with Gasteiger partial charge in [-0.2, -0.15) is 0 Å². The molecule has 0 N–H and O–H groups in total. The van der Waals surface area contributed by atoms with Gasteiger partial charge in [0.05, 0.1) is 5.60 Å². The van der Waals surface area contributed by atoms with E-state index in [1.54, 1.807) is 0 Å². The van der Waals surface area contributed by atoms with Gasteiger partial charge in [0.2, 0.25) is 0 Å². The summed E-state index contributed by atoms with van der Waals surface area (Å²) in [5.74, 6) is 2.05. The van der Waals surface area contributed by atoms with Crippen LogP contribution in [0.3, 0.4) is 0 Å². The van der Waals surface area contributed by atoms with Gasteiger partial charge in [-0.3, -0.25) is 0 Å². The number of hydrogen-bond donors (Lipinski definition) is 0. The Kier molecular flexibility index (Phi) is 6.54. The molecule has 1 aliphatic carbocycles. The number of rotatable bonds is 7. The molecule has 0 aromatic rings. The number of unbranched alkanes of at least 4 members (excludes halogenated alkanes) is 3. The summed E-state index contributed by atoms with van der Waals surface area (Å²) in [5, 5.41) is 0. The second-order valence-electron chi connectivity index (χ2n) is 6.95. The fraction of sp³-hybridized carbons (Fsp3) is 1.00. The third kappa shape index (κ3) is 7.81. The van der Waals surface area contributed by atoms with Gasteiger partial charge in [0.15, 0.2) is 0 Å². The van der Waals surface area contributed by atoms with Gasteiger partial charge < -0.3 is 4.74 Å². The van der Waals surface area contributed by atoms with Gasteiger partial charge in [0, 0.05) is 6.61 Å². The molecule has 2 atom stereocenters. The average Bonchev–Trinajstić information content (AvgIpc) is 2.61. The number of hydrogen-bond acceptors (Lipinski definition) is 1. The predicted octanol–water partition coefficient (Wildman–Crippen LogP) is 5.19. The average molecular weight is 240 g/mol. The first-order valence-corrected chi connectivity index (χ1v) is 7.61. The van der Waals surface area contributed by atoms with Crippen LogP contribution in [-0.2, 0) is 4.74 Å². The molecular weight excluding hydrogens is 208 g/mol. The molecule has 1 aliphatic rings. The van der Waals surface area contributed by atoms with E-state index in [9.17, 15) is 0 Å². The van der Waals surface area contributed by atoms with Crippen molar-refractivity contribution in [3.63, 3.8) is 0 Å². The lowest BCUT2D eigenvalue weighted by atomic mass is 9.98. The highest BCUT2D eigenvalue weighted by molar-refractivity contribution is 4.72. The van der Waals surface area contributed by atoms with Gasteiger partial charge in [0.1, 0.15) is 0 Å². The van der Waals surface area contributed by atoms with Gasteiger partial charge in [-0.05, 0) is 45.4 Å². The lowest BCUT2D eigenvalue weighted by Crippen LogP contribution is -2.19. The van der Waals surface area contributed by atoms with Crippen molar-refractivity contribution in [3.05, 3.63) is 0 Å². The van der Waals surface area contributed by atoms with Crippen molar-refractivity contribution in [2.75, 3.05) is 6.61 Å². The van der Waals surface area contributed by atoms with E-state index in [-0.39, 0.29) is 5.60 Å². The van der Waals surface area contributed by atoms with Crippen LogP contribution < -0.4 is 0 Å². The van der Waals surface area contributed by atoms with E-state index in [0.717, 1.165) is 18.4 Å². The Hall–Kier alpha value is -0.0400. The van der Waals surface area contributed by atoms with Crippen LogP contribution in [0.15, 0.2) is 0 Å². The molecule has 0 spiro atoms. The quantitative estimate of drug-likeness (QED) is 0.557. The largest absolute Gasteiger partial charge is 0.376 e. The van der Waals surface area contributed by atoms with Gasteiger partial charge in [-0.25, -0.2) is 0 Å². The molecule has 1 heteroatoms. The molecule has 1 saturated carbocycles. The van der Waals surface area contributed by atoms with Crippen LogP contribution in [0.5, 0.6) is 0 Å². The van der Waals surface area contributed by atoms with Crippen molar-refractivity contribution in [3.8, 4) is 0 Å². The Labute approximate surface area is 108 Å². The molecule has 0 amide bonds. The van der Waals surface area contributed by atoms with E-state index >= 15 is 0 Å². The summed E-state index contributed by atoms with van der Waals surface area (Å²) in [7, 11) is 0. The monoisotopic (exact) mass is 240 g/mol. The highest BCUT2D eigenvalue weighted by atomic mass is 16.5. The van der Waals surface area contributed by atoms with Crippen LogP contribution in [0.2, 0.25) is 0 Å². The molecule has 0 aromatic heterocycles. The normalized spacial score (nSPS) is 25.4. The highest BCUT2D eigenvalue weighted by Crippen LogP contribution is 2.33. The molecule has 1 rings (SSSR count). The first kappa shape index (κ1) is 15.0. The third-order valence-corrected chi connectivity index (χ3v) is 3.85. The molecule has 0 saturated heterocycles. The van der Waals surface area contributed by atoms with Gasteiger partial charge in [-0.15, -0.1) is 0 Å². The standard InChI is InChI=1S/C16H32O/c1-14-10-11-15(13-14)9-7-5-6-8-12-17-16(2,3)4/h14-15H,5-13H2,1-4H3. The van der Waals surface area contributed by atoms with Crippen LogP contribution in [0.1, 0.15) is 79.1 Å². The van der Waals surface area contributed by atoms with Crippen molar-refractivity contribution < 1.29 is 4.74 Å². The van der Waals surface area contributed by atoms with E-state index < -0.39 is 0 Å². The van der Waals surface area contributed by atoms with Crippen molar-refractivity contribution in [2.45, 2.75) is 84.7 Å². The fourth-order valence-electron chi connectivity index (χ4n) is 2.85. The molecule has 102 valence electrons. The Morgan fingerprint density at radius 2 is 1.71 bits per heavy atom. The SMILES string of the molecule is CC1CCC(CCCCCCOC(C)(C)C)C1. The first-order valence-electron chi connectivity index (χ1n) is 7.61. The van der Waals surface area contributed by atoms with Gasteiger partial charge in [0.25, 0.3) is 0 Å². The third-order valence-electron chi connectivity index (χ3n) is 3.85. The summed E-state index contributed by atoms with van der Waals surface area (Å²) in [6.45, 7) is 9.74. The minimum absolute atomic E-state index is 0.0417. The second kappa shape index (κ2) is 7.41. The maximum Gasteiger partial charge on any atom is 0.0598 e. The second-order valence-corrected chi connectivity index (χ2v) is 6.95. The van der Waals surface area contributed by atoms with E-state index in [4.69, 9.17) is 4.74 Å². The Morgan fingerprint density at radius 3 is 2.29 bits per heavy atom. The van der Waals surface area contributed by atoms with Gasteiger partial charge in [-0.1, -0.05) is 45.4 Å². The molecule has 0 heterocycles. The van der Waals surface area contributed by atoms with Crippen molar-refractivity contribution in [1.82, 2.24) is 0 Å². The highest BCUT2D eigenvalue weighted by Gasteiger charge is 2.20.